The monoisotopic (exact) mass is 224 g/mol. The molecule has 2 unspecified atom stereocenters. The van der Waals surface area contributed by atoms with Crippen LogP contribution in [0.1, 0.15) is 25.0 Å². The number of nitrogens with one attached hydrogen (secondary N) is 1. The van der Waals surface area contributed by atoms with E-state index in [9.17, 15) is 15.0 Å². The molecular weight excluding hydrogens is 208 g/mol. The van der Waals surface area contributed by atoms with Crippen molar-refractivity contribution in [3.05, 3.63) is 30.1 Å². The van der Waals surface area contributed by atoms with Crippen LogP contribution < -0.4 is 5.32 Å². The maximum Gasteiger partial charge on any atom is 0.216 e. The minimum atomic E-state index is -0.947. The molecule has 0 aliphatic carbocycles. The van der Waals surface area contributed by atoms with Crippen LogP contribution in [0.5, 0.6) is 0 Å². The number of carbonyl (C=O) groups excluding carboxylic acids is 1. The average molecular weight is 224 g/mol. The summed E-state index contributed by atoms with van der Waals surface area (Å²) in [5, 5.41) is 22.0. The third kappa shape index (κ3) is 3.96. The number of nitrogens with zero attached hydrogens (tertiary/aromatic N) is 1. The molecule has 0 aliphatic heterocycles. The molecule has 1 rings (SSSR count). The smallest absolute Gasteiger partial charge is 0.216 e. The van der Waals surface area contributed by atoms with Crippen molar-refractivity contribution in [1.29, 1.82) is 0 Å². The van der Waals surface area contributed by atoms with Crippen LogP contribution in [0.15, 0.2) is 24.5 Å². The molecule has 1 amide bonds. The first-order valence-corrected chi connectivity index (χ1v) is 5.11. The molecule has 5 heteroatoms. The summed E-state index contributed by atoms with van der Waals surface area (Å²) in [6.07, 6.45) is 1.58. The second kappa shape index (κ2) is 6.19. The van der Waals surface area contributed by atoms with E-state index in [0.717, 1.165) is 0 Å². The highest BCUT2D eigenvalue weighted by atomic mass is 16.3. The Bertz CT molecular complexity index is 329. The highest BCUT2D eigenvalue weighted by Crippen LogP contribution is 2.17. The van der Waals surface area contributed by atoms with E-state index in [2.05, 4.69) is 10.3 Å². The molecule has 5 nitrogen and oxygen atoms in total. The van der Waals surface area contributed by atoms with Crippen molar-refractivity contribution in [3.8, 4) is 0 Å². The van der Waals surface area contributed by atoms with Crippen LogP contribution in [0.25, 0.3) is 0 Å². The third-order valence-electron chi connectivity index (χ3n) is 2.23. The largest absolute Gasteiger partial charge is 0.390 e. The summed E-state index contributed by atoms with van der Waals surface area (Å²) in [6.45, 7) is 1.75. The summed E-state index contributed by atoms with van der Waals surface area (Å²) in [7, 11) is 0. The lowest BCUT2D eigenvalue weighted by Gasteiger charge is -2.17. The van der Waals surface area contributed by atoms with Crippen LogP contribution in [-0.4, -0.2) is 33.8 Å². The fourth-order valence-corrected chi connectivity index (χ4v) is 1.34. The van der Waals surface area contributed by atoms with Gasteiger partial charge in [-0.15, -0.1) is 0 Å². The highest BCUT2D eigenvalue weighted by Gasteiger charge is 2.17. The third-order valence-corrected chi connectivity index (χ3v) is 2.23. The Morgan fingerprint density at radius 1 is 1.44 bits per heavy atom. The topological polar surface area (TPSA) is 82.5 Å². The Hall–Kier alpha value is -1.46. The van der Waals surface area contributed by atoms with Crippen molar-refractivity contribution in [2.24, 2.45) is 0 Å². The van der Waals surface area contributed by atoms with Gasteiger partial charge in [-0.1, -0.05) is 0 Å². The maximum absolute atomic E-state index is 10.6. The normalized spacial score (nSPS) is 14.2. The van der Waals surface area contributed by atoms with Crippen molar-refractivity contribution in [2.75, 3.05) is 6.54 Å². The SMILES string of the molecule is CC(=O)NCCC(O)C(O)c1ccncc1. The number of amides is 1. The first-order chi connectivity index (χ1) is 7.61. The van der Waals surface area contributed by atoms with E-state index in [1.165, 1.54) is 6.92 Å². The van der Waals surface area contributed by atoms with E-state index in [-0.39, 0.29) is 5.91 Å². The lowest BCUT2D eigenvalue weighted by molar-refractivity contribution is -0.119. The lowest BCUT2D eigenvalue weighted by atomic mass is 10.0. The standard InChI is InChI=1S/C11H16N2O3/c1-8(14)13-7-4-10(15)11(16)9-2-5-12-6-3-9/h2-3,5-6,10-11,15-16H,4,7H2,1H3,(H,13,14). The van der Waals surface area contributed by atoms with Crippen molar-refractivity contribution in [2.45, 2.75) is 25.6 Å². The van der Waals surface area contributed by atoms with Crippen LogP contribution in [0.3, 0.4) is 0 Å². The number of aliphatic hydroxyl groups excluding tert-OH is 2. The molecule has 1 aromatic heterocycles. The number of hydrogen-bond donors (Lipinski definition) is 3. The Labute approximate surface area is 94.1 Å². The highest BCUT2D eigenvalue weighted by molar-refractivity contribution is 5.72. The fourth-order valence-electron chi connectivity index (χ4n) is 1.34. The summed E-state index contributed by atoms with van der Waals surface area (Å²) < 4.78 is 0. The fraction of sp³-hybridized carbons (Fsp3) is 0.455. The summed E-state index contributed by atoms with van der Waals surface area (Å²) in [4.78, 5) is 14.4. The van der Waals surface area contributed by atoms with Crippen molar-refractivity contribution >= 4 is 5.91 Å². The number of carbonyl (C=O) groups is 1. The van der Waals surface area contributed by atoms with Gasteiger partial charge < -0.3 is 15.5 Å². The molecule has 16 heavy (non-hydrogen) atoms. The summed E-state index contributed by atoms with van der Waals surface area (Å²) in [6, 6.07) is 3.29. The molecule has 0 radical (unpaired) electrons. The molecule has 0 fully saturated rings. The van der Waals surface area contributed by atoms with Crippen molar-refractivity contribution in [1.82, 2.24) is 10.3 Å². The van der Waals surface area contributed by atoms with E-state index in [0.29, 0.717) is 18.5 Å². The molecule has 0 bridgehead atoms. The molecule has 3 N–H and O–H groups in total. The van der Waals surface area contributed by atoms with Gasteiger partial charge in [-0.25, -0.2) is 0 Å². The molecule has 1 aromatic rings. The summed E-state index contributed by atoms with van der Waals surface area (Å²) >= 11 is 0. The molecule has 0 aromatic carbocycles. The number of aromatic nitrogens is 1. The number of aliphatic hydroxyl groups is 2. The number of pyridine rings is 1. The van der Waals surface area contributed by atoms with Gasteiger partial charge in [-0.2, -0.15) is 0 Å². The quantitative estimate of drug-likeness (QED) is 0.657. The summed E-state index contributed by atoms with van der Waals surface area (Å²) in [5.41, 5.74) is 0.616. The van der Waals surface area contributed by atoms with Crippen LogP contribution in [0.4, 0.5) is 0 Å². The number of hydrogen-bond acceptors (Lipinski definition) is 4. The van der Waals surface area contributed by atoms with Gasteiger partial charge in [0.1, 0.15) is 6.10 Å². The Balaban J connectivity index is 2.42. The lowest BCUT2D eigenvalue weighted by Crippen LogP contribution is -2.27. The summed E-state index contributed by atoms with van der Waals surface area (Å²) in [5.74, 6) is -0.148. The van der Waals surface area contributed by atoms with Gasteiger partial charge in [0.05, 0.1) is 6.10 Å². The average Bonchev–Trinajstić information content (AvgIpc) is 2.28. The minimum Gasteiger partial charge on any atom is -0.390 e. The van der Waals surface area contributed by atoms with Crippen LogP contribution in [-0.2, 0) is 4.79 Å². The molecule has 0 saturated carbocycles. The van der Waals surface area contributed by atoms with Crippen LogP contribution in [0.2, 0.25) is 0 Å². The van der Waals surface area contributed by atoms with E-state index in [1.54, 1.807) is 24.5 Å². The molecular formula is C11H16N2O3. The van der Waals surface area contributed by atoms with Gasteiger partial charge >= 0.3 is 0 Å². The van der Waals surface area contributed by atoms with Crippen molar-refractivity contribution in [3.63, 3.8) is 0 Å². The van der Waals surface area contributed by atoms with E-state index >= 15 is 0 Å². The van der Waals surface area contributed by atoms with Gasteiger partial charge in [0.2, 0.25) is 5.91 Å². The van der Waals surface area contributed by atoms with E-state index < -0.39 is 12.2 Å². The molecule has 1 heterocycles. The van der Waals surface area contributed by atoms with Crippen LogP contribution in [0, 0.1) is 0 Å². The first kappa shape index (κ1) is 12.6. The maximum atomic E-state index is 10.6. The Morgan fingerprint density at radius 3 is 2.62 bits per heavy atom. The predicted octanol–water partition coefficient (Wildman–Crippen LogP) is 0.00210. The van der Waals surface area contributed by atoms with Gasteiger partial charge in [0.15, 0.2) is 0 Å². The molecule has 2 atom stereocenters. The van der Waals surface area contributed by atoms with Crippen molar-refractivity contribution < 1.29 is 15.0 Å². The zero-order chi connectivity index (χ0) is 12.0. The molecule has 0 spiro atoms. The zero-order valence-corrected chi connectivity index (χ0v) is 9.13. The van der Waals surface area contributed by atoms with Crippen LogP contribution >= 0.6 is 0 Å². The van der Waals surface area contributed by atoms with Gasteiger partial charge in [-0.3, -0.25) is 9.78 Å². The minimum absolute atomic E-state index is 0.148. The second-order valence-electron chi connectivity index (χ2n) is 3.56. The first-order valence-electron chi connectivity index (χ1n) is 5.11. The predicted molar refractivity (Wildman–Crippen MR) is 58.5 cm³/mol. The Morgan fingerprint density at radius 2 is 2.06 bits per heavy atom. The second-order valence-corrected chi connectivity index (χ2v) is 3.56. The van der Waals surface area contributed by atoms with Gasteiger partial charge in [0.25, 0.3) is 0 Å². The molecule has 0 saturated heterocycles. The Kier molecular flexibility index (Phi) is 4.88. The van der Waals surface area contributed by atoms with E-state index in [1.807, 2.05) is 0 Å². The molecule has 0 aliphatic rings. The number of rotatable bonds is 5. The zero-order valence-electron chi connectivity index (χ0n) is 9.13. The van der Waals surface area contributed by atoms with E-state index in [4.69, 9.17) is 0 Å². The van der Waals surface area contributed by atoms with Gasteiger partial charge in [-0.05, 0) is 24.1 Å². The molecule has 88 valence electrons. The van der Waals surface area contributed by atoms with Gasteiger partial charge in [0, 0.05) is 25.9 Å².